The Balaban J connectivity index is 1.62. The molecule has 0 spiro atoms. The van der Waals surface area contributed by atoms with Crippen LogP contribution in [0.5, 0.6) is 0 Å². The summed E-state index contributed by atoms with van der Waals surface area (Å²) in [5.74, 6) is -0.0226. The van der Waals surface area contributed by atoms with Crippen LogP contribution in [-0.4, -0.2) is 31.4 Å². The van der Waals surface area contributed by atoms with E-state index < -0.39 is 0 Å². The normalized spacial score (nSPS) is 12.3. The fourth-order valence-electron chi connectivity index (χ4n) is 4.43. The Morgan fingerprint density at radius 2 is 1.52 bits per heavy atom. The second kappa shape index (κ2) is 12.6. The van der Waals surface area contributed by atoms with Crippen molar-refractivity contribution in [1.29, 1.82) is 0 Å². The molecule has 0 radical (unpaired) electrons. The number of hydrogen-bond acceptors (Lipinski definition) is 2. The molecule has 0 aliphatic carbocycles. The van der Waals surface area contributed by atoms with Crippen LogP contribution in [0.15, 0.2) is 60.7 Å². The minimum atomic E-state index is -0.0980. The number of nitrogens with zero attached hydrogens (tertiary/aromatic N) is 1. The van der Waals surface area contributed by atoms with Crippen molar-refractivity contribution in [2.45, 2.75) is 58.8 Å². The number of carbonyl (C=O) groups is 1. The van der Waals surface area contributed by atoms with E-state index in [-0.39, 0.29) is 11.8 Å². The maximum atomic E-state index is 12.9. The van der Waals surface area contributed by atoms with E-state index in [9.17, 15) is 4.79 Å². The molecule has 0 unspecified atom stereocenters. The first-order chi connectivity index (χ1) is 16.0. The first-order valence-corrected chi connectivity index (χ1v) is 12.5. The Bertz CT molecular complexity index is 1020. The molecule has 1 atom stereocenters. The molecule has 0 aromatic heterocycles. The third kappa shape index (κ3) is 7.43. The number of carbonyl (C=O) groups excluding carboxylic acids is 1. The third-order valence-corrected chi connectivity index (χ3v) is 6.42. The summed E-state index contributed by atoms with van der Waals surface area (Å²) in [7, 11) is 4.20. The zero-order valence-corrected chi connectivity index (χ0v) is 20.9. The quantitative estimate of drug-likeness (QED) is 0.309. The largest absolute Gasteiger partial charge is 0.326 e. The van der Waals surface area contributed by atoms with Crippen LogP contribution in [0.2, 0.25) is 0 Å². The zero-order valence-electron chi connectivity index (χ0n) is 20.9. The first-order valence-electron chi connectivity index (χ1n) is 12.5. The Morgan fingerprint density at radius 1 is 0.848 bits per heavy atom. The van der Waals surface area contributed by atoms with Crippen LogP contribution in [-0.2, 0) is 24.1 Å². The highest BCUT2D eigenvalue weighted by Gasteiger charge is 2.16. The highest BCUT2D eigenvalue weighted by molar-refractivity contribution is 5.93. The van der Waals surface area contributed by atoms with Gasteiger partial charge in [-0.2, -0.15) is 0 Å². The first kappa shape index (κ1) is 25.0. The van der Waals surface area contributed by atoms with Crippen LogP contribution < -0.4 is 5.32 Å². The van der Waals surface area contributed by atoms with E-state index in [1.807, 2.05) is 19.1 Å². The number of amides is 1. The van der Waals surface area contributed by atoms with E-state index in [1.54, 1.807) is 0 Å². The number of unbranched alkanes of at least 4 members (excludes halogenated alkanes) is 2. The Morgan fingerprint density at radius 3 is 2.18 bits per heavy atom. The smallest absolute Gasteiger partial charge is 0.227 e. The van der Waals surface area contributed by atoms with E-state index in [2.05, 4.69) is 79.8 Å². The van der Waals surface area contributed by atoms with Gasteiger partial charge in [-0.05, 0) is 92.3 Å². The number of benzene rings is 3. The summed E-state index contributed by atoms with van der Waals surface area (Å²) in [6.45, 7) is 5.35. The van der Waals surface area contributed by atoms with Gasteiger partial charge >= 0.3 is 0 Å². The van der Waals surface area contributed by atoms with Crippen LogP contribution in [0.4, 0.5) is 5.69 Å². The summed E-state index contributed by atoms with van der Waals surface area (Å²) in [6, 6.07) is 21.5. The molecular weight excluding hydrogens is 404 g/mol. The average Bonchev–Trinajstić information content (AvgIpc) is 2.81. The van der Waals surface area contributed by atoms with E-state index >= 15 is 0 Å². The van der Waals surface area contributed by atoms with Gasteiger partial charge in [0.2, 0.25) is 5.91 Å². The lowest BCUT2D eigenvalue weighted by Gasteiger charge is -2.16. The van der Waals surface area contributed by atoms with Crippen LogP contribution in [0.25, 0.3) is 10.8 Å². The molecule has 3 aromatic rings. The number of hydrogen-bond donors (Lipinski definition) is 1. The van der Waals surface area contributed by atoms with E-state index in [1.165, 1.54) is 46.7 Å². The van der Waals surface area contributed by atoms with Gasteiger partial charge in [0.1, 0.15) is 0 Å². The molecule has 0 aliphatic rings. The summed E-state index contributed by atoms with van der Waals surface area (Å²) in [4.78, 5) is 15.1. The summed E-state index contributed by atoms with van der Waals surface area (Å²) < 4.78 is 0. The Hall–Kier alpha value is -2.65. The van der Waals surface area contributed by atoms with Crippen molar-refractivity contribution in [3.8, 4) is 0 Å². The summed E-state index contributed by atoms with van der Waals surface area (Å²) in [5.41, 5.74) is 4.86. The van der Waals surface area contributed by atoms with Crippen molar-refractivity contribution in [3.05, 3.63) is 77.4 Å². The van der Waals surface area contributed by atoms with E-state index in [4.69, 9.17) is 0 Å². The van der Waals surface area contributed by atoms with Crippen LogP contribution in [0, 0.1) is 5.92 Å². The molecule has 3 aromatic carbocycles. The number of anilines is 1. The second-order valence-corrected chi connectivity index (χ2v) is 9.58. The van der Waals surface area contributed by atoms with Gasteiger partial charge in [-0.1, -0.05) is 75.2 Å². The van der Waals surface area contributed by atoms with Gasteiger partial charge in [0, 0.05) is 11.6 Å². The van der Waals surface area contributed by atoms with Crippen molar-refractivity contribution < 1.29 is 4.79 Å². The standard InChI is InChI=1S/C30H40N2O/c1-5-6-7-12-25-17-18-26(29-14-9-8-13-28(25)29)22-23(2)30(33)31-27-19-15-24(16-20-27)11-10-21-32(3)4/h8-9,13-20,23H,5-7,10-12,21-22H2,1-4H3,(H,31,33)/t23-/m1/s1. The van der Waals surface area contributed by atoms with Crippen LogP contribution in [0.3, 0.4) is 0 Å². The lowest BCUT2D eigenvalue weighted by atomic mass is 9.91. The van der Waals surface area contributed by atoms with Crippen molar-refractivity contribution in [1.82, 2.24) is 4.90 Å². The minimum absolute atomic E-state index is 0.0754. The summed E-state index contributed by atoms with van der Waals surface area (Å²) in [6.07, 6.45) is 7.80. The maximum absolute atomic E-state index is 12.9. The zero-order chi connectivity index (χ0) is 23.6. The molecule has 3 rings (SSSR count). The topological polar surface area (TPSA) is 32.3 Å². The second-order valence-electron chi connectivity index (χ2n) is 9.58. The lowest BCUT2D eigenvalue weighted by molar-refractivity contribution is -0.119. The SMILES string of the molecule is CCCCCc1ccc(C[C@@H](C)C(=O)Nc2ccc(CCCN(C)C)cc2)c2ccccc12. The highest BCUT2D eigenvalue weighted by Crippen LogP contribution is 2.26. The molecule has 176 valence electrons. The van der Waals surface area contributed by atoms with E-state index in [0.29, 0.717) is 0 Å². The number of aryl methyl sites for hydroxylation is 2. The van der Waals surface area contributed by atoms with Gasteiger partial charge in [0.05, 0.1) is 0 Å². The van der Waals surface area contributed by atoms with Crippen molar-refractivity contribution in [2.75, 3.05) is 26.0 Å². The van der Waals surface area contributed by atoms with Gasteiger partial charge in [-0.3, -0.25) is 4.79 Å². The molecule has 0 aliphatic heterocycles. The molecule has 0 saturated heterocycles. The lowest BCUT2D eigenvalue weighted by Crippen LogP contribution is -2.22. The summed E-state index contributed by atoms with van der Waals surface area (Å²) in [5, 5.41) is 5.73. The van der Waals surface area contributed by atoms with Gasteiger partial charge in [0.25, 0.3) is 0 Å². The molecular formula is C30H40N2O. The van der Waals surface area contributed by atoms with Gasteiger partial charge in [-0.25, -0.2) is 0 Å². The minimum Gasteiger partial charge on any atom is -0.326 e. The summed E-state index contributed by atoms with van der Waals surface area (Å²) >= 11 is 0. The van der Waals surface area contributed by atoms with Gasteiger partial charge in [-0.15, -0.1) is 0 Å². The molecule has 0 bridgehead atoms. The molecule has 0 fully saturated rings. The molecule has 0 saturated carbocycles. The number of fused-ring (bicyclic) bond motifs is 1. The fraction of sp³-hybridized carbons (Fsp3) is 0.433. The third-order valence-electron chi connectivity index (χ3n) is 6.42. The molecule has 0 heterocycles. The molecule has 1 N–H and O–H groups in total. The fourth-order valence-corrected chi connectivity index (χ4v) is 4.43. The van der Waals surface area contributed by atoms with Crippen LogP contribution >= 0.6 is 0 Å². The van der Waals surface area contributed by atoms with Crippen molar-refractivity contribution in [2.24, 2.45) is 5.92 Å². The Labute approximate surface area is 200 Å². The molecule has 3 heteroatoms. The van der Waals surface area contributed by atoms with Gasteiger partial charge < -0.3 is 10.2 Å². The monoisotopic (exact) mass is 444 g/mol. The number of rotatable bonds is 12. The van der Waals surface area contributed by atoms with Crippen molar-refractivity contribution >= 4 is 22.4 Å². The molecule has 33 heavy (non-hydrogen) atoms. The maximum Gasteiger partial charge on any atom is 0.227 e. The predicted octanol–water partition coefficient (Wildman–Crippen LogP) is 6.88. The van der Waals surface area contributed by atoms with Crippen molar-refractivity contribution in [3.63, 3.8) is 0 Å². The molecule has 3 nitrogen and oxygen atoms in total. The van der Waals surface area contributed by atoms with E-state index in [0.717, 1.165) is 37.9 Å². The average molecular weight is 445 g/mol. The Kier molecular flexibility index (Phi) is 9.50. The molecule has 1 amide bonds. The number of nitrogens with one attached hydrogen (secondary N) is 1. The van der Waals surface area contributed by atoms with Crippen LogP contribution in [0.1, 0.15) is 56.2 Å². The van der Waals surface area contributed by atoms with Gasteiger partial charge in [0.15, 0.2) is 0 Å². The highest BCUT2D eigenvalue weighted by atomic mass is 16.1. The predicted molar refractivity (Wildman–Crippen MR) is 142 cm³/mol.